The maximum atomic E-state index is 12.7. The van der Waals surface area contributed by atoms with E-state index in [2.05, 4.69) is 5.32 Å². The smallest absolute Gasteiger partial charge is 0.245 e. The lowest BCUT2D eigenvalue weighted by molar-refractivity contribution is -0.114. The second-order valence-corrected chi connectivity index (χ2v) is 8.62. The lowest BCUT2D eigenvalue weighted by Crippen LogP contribution is -2.37. The highest BCUT2D eigenvalue weighted by Crippen LogP contribution is 2.33. The number of rotatable bonds is 8. The van der Waals surface area contributed by atoms with Crippen LogP contribution in [0.3, 0.4) is 0 Å². The van der Waals surface area contributed by atoms with Gasteiger partial charge in [0.2, 0.25) is 15.9 Å². The van der Waals surface area contributed by atoms with Crippen molar-refractivity contribution in [2.45, 2.75) is 13.3 Å². The molecule has 3 aromatic carbocycles. The second kappa shape index (κ2) is 9.45. The maximum Gasteiger partial charge on any atom is 0.245 e. The molecule has 1 N–H and O–H groups in total. The van der Waals surface area contributed by atoms with Crippen molar-refractivity contribution >= 4 is 27.3 Å². The number of anilines is 2. The van der Waals surface area contributed by atoms with Crippen LogP contribution in [0.15, 0.2) is 78.9 Å². The van der Waals surface area contributed by atoms with Gasteiger partial charge in [0.25, 0.3) is 0 Å². The molecule has 0 atom stereocenters. The topological polar surface area (TPSA) is 75.7 Å². The summed E-state index contributed by atoms with van der Waals surface area (Å²) in [6.45, 7) is 1.62. The Hall–Kier alpha value is -3.32. The zero-order valence-electron chi connectivity index (χ0n) is 16.9. The molecule has 0 unspecified atom stereocenters. The SMILES string of the molecule is CCc1ccccc1NC(=O)CN(c1ccccc1Oc1ccccc1)S(C)(=O)=O. The van der Waals surface area contributed by atoms with E-state index in [0.717, 1.165) is 22.5 Å². The summed E-state index contributed by atoms with van der Waals surface area (Å²) in [4.78, 5) is 12.7. The number of carbonyl (C=O) groups excluding carboxylic acids is 1. The van der Waals surface area contributed by atoms with Gasteiger partial charge in [0, 0.05) is 5.69 Å². The van der Waals surface area contributed by atoms with Crippen LogP contribution in [-0.4, -0.2) is 27.1 Å². The summed E-state index contributed by atoms with van der Waals surface area (Å²) >= 11 is 0. The van der Waals surface area contributed by atoms with Crippen LogP contribution in [0.4, 0.5) is 11.4 Å². The molecule has 6 nitrogen and oxygen atoms in total. The molecule has 0 saturated heterocycles. The zero-order chi connectivity index (χ0) is 21.6. The number of nitrogens with zero attached hydrogens (tertiary/aromatic N) is 1. The molecule has 0 aliphatic carbocycles. The summed E-state index contributed by atoms with van der Waals surface area (Å²) in [6, 6.07) is 23.2. The van der Waals surface area contributed by atoms with Gasteiger partial charge in [-0.05, 0) is 42.3 Å². The Morgan fingerprint density at radius 2 is 1.57 bits per heavy atom. The zero-order valence-corrected chi connectivity index (χ0v) is 17.7. The Morgan fingerprint density at radius 3 is 2.27 bits per heavy atom. The van der Waals surface area contributed by atoms with Gasteiger partial charge in [0.15, 0.2) is 5.75 Å². The van der Waals surface area contributed by atoms with Gasteiger partial charge >= 0.3 is 0 Å². The van der Waals surface area contributed by atoms with E-state index < -0.39 is 15.9 Å². The number of hydrogen-bond donors (Lipinski definition) is 1. The van der Waals surface area contributed by atoms with Crippen LogP contribution in [-0.2, 0) is 21.2 Å². The highest BCUT2D eigenvalue weighted by molar-refractivity contribution is 7.92. The first kappa shape index (κ1) is 21.4. The van der Waals surface area contributed by atoms with E-state index >= 15 is 0 Å². The van der Waals surface area contributed by atoms with E-state index in [1.165, 1.54) is 0 Å². The van der Waals surface area contributed by atoms with Gasteiger partial charge in [0.1, 0.15) is 12.3 Å². The predicted octanol–water partition coefficient (Wildman–Crippen LogP) is 4.45. The molecule has 3 rings (SSSR count). The third-order valence-electron chi connectivity index (χ3n) is 4.46. The number of para-hydroxylation sites is 4. The third-order valence-corrected chi connectivity index (χ3v) is 5.59. The Morgan fingerprint density at radius 1 is 0.933 bits per heavy atom. The molecule has 30 heavy (non-hydrogen) atoms. The average molecular weight is 425 g/mol. The molecule has 0 radical (unpaired) electrons. The van der Waals surface area contributed by atoms with E-state index in [9.17, 15) is 13.2 Å². The Labute approximate surface area is 177 Å². The lowest BCUT2D eigenvalue weighted by Gasteiger charge is -2.24. The number of ether oxygens (including phenoxy) is 1. The molecule has 156 valence electrons. The standard InChI is InChI=1S/C23H24N2O4S/c1-3-18-11-7-8-14-20(18)24-23(26)17-25(30(2,27)28)21-15-9-10-16-22(21)29-19-12-5-4-6-13-19/h4-16H,3,17H2,1-2H3,(H,24,26). The van der Waals surface area contributed by atoms with Crippen molar-refractivity contribution in [2.75, 3.05) is 22.4 Å². The summed E-state index contributed by atoms with van der Waals surface area (Å²) < 4.78 is 32.0. The first-order valence-electron chi connectivity index (χ1n) is 9.56. The molecule has 0 aromatic heterocycles. The molecule has 7 heteroatoms. The largest absolute Gasteiger partial charge is 0.455 e. The minimum atomic E-state index is -3.74. The minimum absolute atomic E-state index is 0.294. The summed E-state index contributed by atoms with van der Waals surface area (Å²) in [5.74, 6) is 0.478. The molecule has 0 heterocycles. The number of nitrogens with one attached hydrogen (secondary N) is 1. The Kier molecular flexibility index (Phi) is 6.74. The maximum absolute atomic E-state index is 12.7. The number of carbonyl (C=O) groups is 1. The first-order valence-corrected chi connectivity index (χ1v) is 11.4. The molecule has 3 aromatic rings. The minimum Gasteiger partial charge on any atom is -0.455 e. The second-order valence-electron chi connectivity index (χ2n) is 6.71. The predicted molar refractivity (Wildman–Crippen MR) is 120 cm³/mol. The molecule has 0 spiro atoms. The van der Waals surface area contributed by atoms with E-state index in [1.807, 2.05) is 43.3 Å². The first-order chi connectivity index (χ1) is 14.4. The van der Waals surface area contributed by atoms with E-state index in [1.54, 1.807) is 42.5 Å². The Balaban J connectivity index is 1.88. The van der Waals surface area contributed by atoms with Crippen molar-refractivity contribution in [3.8, 4) is 11.5 Å². The number of amides is 1. The fourth-order valence-electron chi connectivity index (χ4n) is 3.02. The van der Waals surface area contributed by atoms with E-state index in [0.29, 0.717) is 22.9 Å². The summed E-state index contributed by atoms with van der Waals surface area (Å²) in [5, 5.41) is 2.82. The molecular weight excluding hydrogens is 400 g/mol. The van der Waals surface area contributed by atoms with Crippen molar-refractivity contribution in [1.82, 2.24) is 0 Å². The fourth-order valence-corrected chi connectivity index (χ4v) is 3.88. The highest BCUT2D eigenvalue weighted by atomic mass is 32.2. The summed E-state index contributed by atoms with van der Waals surface area (Å²) in [5.41, 5.74) is 1.94. The van der Waals surface area contributed by atoms with E-state index in [-0.39, 0.29) is 6.54 Å². The van der Waals surface area contributed by atoms with Crippen LogP contribution in [0.1, 0.15) is 12.5 Å². The molecule has 1 amide bonds. The van der Waals surface area contributed by atoms with Crippen LogP contribution in [0, 0.1) is 0 Å². The van der Waals surface area contributed by atoms with Crippen LogP contribution in [0.25, 0.3) is 0 Å². The van der Waals surface area contributed by atoms with Crippen LogP contribution >= 0.6 is 0 Å². The van der Waals surface area contributed by atoms with Gasteiger partial charge in [-0.3, -0.25) is 9.10 Å². The van der Waals surface area contributed by atoms with Gasteiger partial charge in [-0.25, -0.2) is 8.42 Å². The summed E-state index contributed by atoms with van der Waals surface area (Å²) in [7, 11) is -3.74. The number of benzene rings is 3. The van der Waals surface area contributed by atoms with Crippen molar-refractivity contribution in [2.24, 2.45) is 0 Å². The number of sulfonamides is 1. The highest BCUT2D eigenvalue weighted by Gasteiger charge is 2.24. The van der Waals surface area contributed by atoms with Gasteiger partial charge in [-0.15, -0.1) is 0 Å². The van der Waals surface area contributed by atoms with Crippen LogP contribution in [0.5, 0.6) is 11.5 Å². The van der Waals surface area contributed by atoms with Crippen molar-refractivity contribution in [1.29, 1.82) is 0 Å². The quantitative estimate of drug-likeness (QED) is 0.580. The van der Waals surface area contributed by atoms with Gasteiger partial charge < -0.3 is 10.1 Å². The normalized spacial score (nSPS) is 11.0. The molecular formula is C23H24N2O4S. The van der Waals surface area contributed by atoms with Crippen LogP contribution < -0.4 is 14.4 Å². The Bertz CT molecular complexity index is 1110. The molecule has 0 aliphatic rings. The average Bonchev–Trinajstić information content (AvgIpc) is 2.73. The van der Waals surface area contributed by atoms with Crippen molar-refractivity contribution in [3.63, 3.8) is 0 Å². The van der Waals surface area contributed by atoms with E-state index in [4.69, 9.17) is 4.74 Å². The molecule has 0 bridgehead atoms. The van der Waals surface area contributed by atoms with Crippen molar-refractivity contribution in [3.05, 3.63) is 84.4 Å². The monoisotopic (exact) mass is 424 g/mol. The number of aryl methyl sites for hydroxylation is 1. The fraction of sp³-hybridized carbons (Fsp3) is 0.174. The van der Waals surface area contributed by atoms with Gasteiger partial charge in [-0.2, -0.15) is 0 Å². The lowest BCUT2D eigenvalue weighted by atomic mass is 10.1. The number of hydrogen-bond acceptors (Lipinski definition) is 4. The third kappa shape index (κ3) is 5.39. The summed E-state index contributed by atoms with van der Waals surface area (Å²) in [6.07, 6.45) is 1.82. The van der Waals surface area contributed by atoms with Gasteiger partial charge in [0.05, 0.1) is 11.9 Å². The van der Waals surface area contributed by atoms with Gasteiger partial charge in [-0.1, -0.05) is 55.5 Å². The molecule has 0 saturated carbocycles. The van der Waals surface area contributed by atoms with Crippen molar-refractivity contribution < 1.29 is 17.9 Å². The molecule has 0 aliphatic heterocycles. The van der Waals surface area contributed by atoms with Crippen LogP contribution in [0.2, 0.25) is 0 Å². The molecule has 0 fully saturated rings.